The number of rotatable bonds is 2. The lowest BCUT2D eigenvalue weighted by Crippen LogP contribution is -2.09. The van der Waals surface area contributed by atoms with Gasteiger partial charge in [-0.2, -0.15) is 4.98 Å². The van der Waals surface area contributed by atoms with E-state index in [0.717, 1.165) is 10.0 Å². The monoisotopic (exact) mass is 383 g/mol. The van der Waals surface area contributed by atoms with Gasteiger partial charge in [0.1, 0.15) is 11.3 Å². The molecule has 0 aliphatic heterocycles. The number of hydrogen-bond donors (Lipinski definition) is 2. The molecule has 24 heavy (non-hydrogen) atoms. The number of hydrogen-bond acceptors (Lipinski definition) is 5. The Morgan fingerprint density at radius 2 is 1.96 bits per heavy atom. The zero-order chi connectivity index (χ0) is 16.7. The Morgan fingerprint density at radius 3 is 2.79 bits per heavy atom. The molecule has 0 atom stereocenters. The first-order valence-corrected chi connectivity index (χ1v) is 7.87. The van der Waals surface area contributed by atoms with Crippen molar-refractivity contribution in [2.24, 2.45) is 0 Å². The number of nitrogens with zero attached hydrogens (tertiary/aromatic N) is 2. The molecule has 2 aromatic heterocycles. The van der Waals surface area contributed by atoms with E-state index >= 15 is 0 Å². The molecule has 0 bridgehead atoms. The molecule has 0 spiro atoms. The van der Waals surface area contributed by atoms with E-state index in [2.05, 4.69) is 31.1 Å². The fraction of sp³-hybridized carbons (Fsp3) is 0. The van der Waals surface area contributed by atoms with Crippen LogP contribution in [0, 0.1) is 0 Å². The fourth-order valence-electron chi connectivity index (χ4n) is 2.49. The normalized spacial score (nSPS) is 11.0. The number of nitrogens with one attached hydrogen (secondary N) is 1. The van der Waals surface area contributed by atoms with E-state index in [-0.39, 0.29) is 17.2 Å². The average Bonchev–Trinajstić information content (AvgIpc) is 3.04. The highest BCUT2D eigenvalue weighted by atomic mass is 79.9. The first-order valence-electron chi connectivity index (χ1n) is 7.07. The van der Waals surface area contributed by atoms with Crippen molar-refractivity contribution in [1.82, 2.24) is 15.1 Å². The maximum atomic E-state index is 12.3. The summed E-state index contributed by atoms with van der Waals surface area (Å²) in [7, 11) is 0. The third-order valence-electron chi connectivity index (χ3n) is 3.62. The van der Waals surface area contributed by atoms with Gasteiger partial charge in [-0.3, -0.25) is 4.79 Å². The van der Waals surface area contributed by atoms with Crippen molar-refractivity contribution in [2.45, 2.75) is 0 Å². The number of benzene rings is 2. The second-order valence-electron chi connectivity index (χ2n) is 5.16. The lowest BCUT2D eigenvalue weighted by molar-refractivity contribution is 0.426. The molecular formula is C17H10BrN3O3. The van der Waals surface area contributed by atoms with Crippen LogP contribution in [-0.4, -0.2) is 20.2 Å². The zero-order valence-electron chi connectivity index (χ0n) is 12.2. The van der Waals surface area contributed by atoms with E-state index < -0.39 is 5.56 Å². The fourth-order valence-corrected chi connectivity index (χ4v) is 2.89. The van der Waals surface area contributed by atoms with Crippen molar-refractivity contribution >= 4 is 26.8 Å². The van der Waals surface area contributed by atoms with Crippen molar-refractivity contribution in [3.05, 3.63) is 63.4 Å². The zero-order valence-corrected chi connectivity index (χ0v) is 13.7. The van der Waals surface area contributed by atoms with Crippen LogP contribution in [0.5, 0.6) is 5.75 Å². The van der Waals surface area contributed by atoms with Gasteiger partial charge in [0, 0.05) is 15.4 Å². The summed E-state index contributed by atoms with van der Waals surface area (Å²) in [5.74, 6) is 0.117. The van der Waals surface area contributed by atoms with E-state index in [9.17, 15) is 9.90 Å². The van der Waals surface area contributed by atoms with Crippen LogP contribution in [-0.2, 0) is 0 Å². The summed E-state index contributed by atoms with van der Waals surface area (Å²) in [6.45, 7) is 0. The minimum Gasteiger partial charge on any atom is -0.506 e. The quantitative estimate of drug-likeness (QED) is 0.550. The maximum Gasteiger partial charge on any atom is 0.267 e. The molecule has 2 heterocycles. The van der Waals surface area contributed by atoms with Crippen LogP contribution in [0.4, 0.5) is 0 Å². The van der Waals surface area contributed by atoms with Crippen molar-refractivity contribution in [3.63, 3.8) is 0 Å². The summed E-state index contributed by atoms with van der Waals surface area (Å²) >= 11 is 3.38. The number of halogens is 1. The molecule has 2 aromatic carbocycles. The molecule has 0 unspecified atom stereocenters. The Bertz CT molecular complexity index is 1120. The number of aromatic amines is 1. The van der Waals surface area contributed by atoms with Crippen LogP contribution < -0.4 is 5.56 Å². The third kappa shape index (κ3) is 2.39. The lowest BCUT2D eigenvalue weighted by Gasteiger charge is -2.03. The molecule has 6 nitrogen and oxygen atoms in total. The maximum absolute atomic E-state index is 12.3. The largest absolute Gasteiger partial charge is 0.506 e. The number of para-hydroxylation sites is 1. The summed E-state index contributed by atoms with van der Waals surface area (Å²) in [5, 5.41) is 14.9. The topological polar surface area (TPSA) is 92.0 Å². The van der Waals surface area contributed by atoms with Crippen LogP contribution in [0.25, 0.3) is 33.7 Å². The van der Waals surface area contributed by atoms with E-state index in [1.54, 1.807) is 24.3 Å². The first kappa shape index (κ1) is 14.6. The Labute approximate surface area is 143 Å². The molecule has 4 aromatic rings. The molecule has 0 aliphatic rings. The molecule has 118 valence electrons. The highest BCUT2D eigenvalue weighted by Crippen LogP contribution is 2.32. The molecule has 0 saturated carbocycles. The van der Waals surface area contributed by atoms with Gasteiger partial charge < -0.3 is 14.6 Å². The van der Waals surface area contributed by atoms with Gasteiger partial charge in [-0.15, -0.1) is 0 Å². The Hall–Kier alpha value is -2.93. The van der Waals surface area contributed by atoms with Gasteiger partial charge in [0.05, 0.1) is 5.52 Å². The smallest absolute Gasteiger partial charge is 0.267 e. The van der Waals surface area contributed by atoms with Crippen molar-refractivity contribution in [1.29, 1.82) is 0 Å². The van der Waals surface area contributed by atoms with Crippen molar-refractivity contribution in [3.8, 4) is 28.6 Å². The SMILES string of the molecule is O=c1[nH]c2ccccc2c(O)c1-c1nc(-c2cccc(Br)c2)no1. The molecule has 0 aliphatic carbocycles. The van der Waals surface area contributed by atoms with Gasteiger partial charge >= 0.3 is 0 Å². The Balaban J connectivity index is 1.89. The molecule has 2 N–H and O–H groups in total. The van der Waals surface area contributed by atoms with Gasteiger partial charge in [0.15, 0.2) is 0 Å². The number of aromatic hydroxyl groups is 1. The average molecular weight is 384 g/mol. The lowest BCUT2D eigenvalue weighted by atomic mass is 10.1. The van der Waals surface area contributed by atoms with Gasteiger partial charge in [-0.1, -0.05) is 45.4 Å². The predicted molar refractivity (Wildman–Crippen MR) is 92.7 cm³/mol. The molecule has 0 saturated heterocycles. The van der Waals surface area contributed by atoms with E-state index in [1.165, 1.54) is 0 Å². The Morgan fingerprint density at radius 1 is 1.12 bits per heavy atom. The molecule has 0 fully saturated rings. The third-order valence-corrected chi connectivity index (χ3v) is 4.11. The minimum absolute atomic E-state index is 0.0329. The second kappa shape index (κ2) is 5.61. The van der Waals surface area contributed by atoms with E-state index in [1.807, 2.05) is 24.3 Å². The summed E-state index contributed by atoms with van der Waals surface area (Å²) in [5.41, 5.74) is 0.740. The summed E-state index contributed by atoms with van der Waals surface area (Å²) in [4.78, 5) is 19.3. The van der Waals surface area contributed by atoms with Crippen LogP contribution >= 0.6 is 15.9 Å². The highest BCUT2D eigenvalue weighted by molar-refractivity contribution is 9.10. The highest BCUT2D eigenvalue weighted by Gasteiger charge is 2.20. The van der Waals surface area contributed by atoms with Crippen molar-refractivity contribution in [2.75, 3.05) is 0 Å². The van der Waals surface area contributed by atoms with Crippen molar-refractivity contribution < 1.29 is 9.63 Å². The molecule has 4 rings (SSSR count). The van der Waals surface area contributed by atoms with Crippen LogP contribution in [0.15, 0.2) is 62.3 Å². The van der Waals surface area contributed by atoms with Gasteiger partial charge in [0.25, 0.3) is 11.4 Å². The number of fused-ring (bicyclic) bond motifs is 1. The van der Waals surface area contributed by atoms with Gasteiger partial charge in [-0.05, 0) is 24.3 Å². The van der Waals surface area contributed by atoms with Crippen LogP contribution in [0.1, 0.15) is 0 Å². The van der Waals surface area contributed by atoms with E-state index in [4.69, 9.17) is 4.52 Å². The van der Waals surface area contributed by atoms with Gasteiger partial charge in [-0.25, -0.2) is 0 Å². The van der Waals surface area contributed by atoms with Crippen LogP contribution in [0.3, 0.4) is 0 Å². The molecule has 7 heteroatoms. The first-order chi connectivity index (χ1) is 11.6. The Kier molecular flexibility index (Phi) is 3.42. The summed E-state index contributed by atoms with van der Waals surface area (Å²) in [6.07, 6.45) is 0. The number of H-pyrrole nitrogens is 1. The standard InChI is InChI=1S/C17H10BrN3O3/c18-10-5-3-4-9(8-10)15-20-17(24-21-15)13-14(22)11-6-1-2-7-12(11)19-16(13)23/h1-8H,(H2,19,22,23). The summed E-state index contributed by atoms with van der Waals surface area (Å²) < 4.78 is 6.07. The molecule has 0 radical (unpaired) electrons. The predicted octanol–water partition coefficient (Wildman–Crippen LogP) is 3.71. The number of pyridine rings is 1. The second-order valence-corrected chi connectivity index (χ2v) is 6.07. The molecular weight excluding hydrogens is 374 g/mol. The van der Waals surface area contributed by atoms with Gasteiger partial charge in [0.2, 0.25) is 5.82 Å². The van der Waals surface area contributed by atoms with E-state index in [0.29, 0.717) is 16.7 Å². The molecule has 0 amide bonds. The summed E-state index contributed by atoms with van der Waals surface area (Å²) in [6, 6.07) is 14.3. The minimum atomic E-state index is -0.490. The van der Waals surface area contributed by atoms with Crippen LogP contribution in [0.2, 0.25) is 0 Å². The number of aromatic nitrogens is 3.